The number of carbonyl (C=O) groups excluding carboxylic acids is 1. The summed E-state index contributed by atoms with van der Waals surface area (Å²) in [6.45, 7) is 6.96. The van der Waals surface area contributed by atoms with Crippen LogP contribution < -0.4 is 5.32 Å². The van der Waals surface area contributed by atoms with Crippen molar-refractivity contribution in [2.24, 2.45) is 0 Å². The molecule has 1 fully saturated rings. The number of ether oxygens (including phenoxy) is 1. The Balaban J connectivity index is 2.16. The van der Waals surface area contributed by atoms with Crippen LogP contribution in [0.4, 0.5) is 4.79 Å². The molecule has 1 N–H and O–H groups in total. The maximum Gasteiger partial charge on any atom is 0.317 e. The van der Waals surface area contributed by atoms with E-state index in [9.17, 15) is 4.79 Å². The molecule has 1 heterocycles. The Morgan fingerprint density at radius 3 is 2.81 bits per heavy atom. The lowest BCUT2D eigenvalue weighted by atomic mass is 10.2. The Hall–Kier alpha value is -0.420. The lowest BCUT2D eigenvalue weighted by Crippen LogP contribution is -2.48. The Morgan fingerprint density at radius 2 is 2.19 bits per heavy atom. The van der Waals surface area contributed by atoms with Gasteiger partial charge in [0.1, 0.15) is 0 Å². The quantitative estimate of drug-likeness (QED) is 0.749. The van der Waals surface area contributed by atoms with Gasteiger partial charge >= 0.3 is 6.03 Å². The molecule has 0 radical (unpaired) electrons. The Morgan fingerprint density at radius 1 is 1.50 bits per heavy atom. The molecule has 0 aromatic rings. The maximum absolute atomic E-state index is 11.8. The number of urea groups is 1. The van der Waals surface area contributed by atoms with Crippen molar-refractivity contribution in [3.05, 3.63) is 0 Å². The van der Waals surface area contributed by atoms with E-state index < -0.39 is 0 Å². The molecule has 0 bridgehead atoms. The van der Waals surface area contributed by atoms with E-state index in [1.54, 1.807) is 0 Å². The van der Waals surface area contributed by atoms with Gasteiger partial charge in [-0.25, -0.2) is 4.79 Å². The molecule has 1 atom stereocenters. The molecule has 1 unspecified atom stereocenters. The minimum Gasteiger partial charge on any atom is -0.378 e. The summed E-state index contributed by atoms with van der Waals surface area (Å²) in [6.07, 6.45) is 1.04. The van der Waals surface area contributed by atoms with Gasteiger partial charge in [0.25, 0.3) is 0 Å². The molecule has 94 valence electrons. The third-order valence-corrected chi connectivity index (χ3v) is 3.50. The van der Waals surface area contributed by atoms with E-state index in [2.05, 4.69) is 19.2 Å². The minimum atomic E-state index is 0.0531. The van der Waals surface area contributed by atoms with Gasteiger partial charge in [-0.2, -0.15) is 11.8 Å². The molecule has 16 heavy (non-hydrogen) atoms. The van der Waals surface area contributed by atoms with Crippen molar-refractivity contribution in [2.75, 3.05) is 37.8 Å². The number of nitrogens with one attached hydrogen (secondary N) is 1. The number of nitrogens with zero attached hydrogens (tertiary/aromatic N) is 1. The standard InChI is InChI=1S/C11H22N2O2S/c1-3-16-9-4-10(2)12-11(14)13-5-7-15-8-6-13/h10H,3-9H2,1-2H3,(H,12,14). The van der Waals surface area contributed by atoms with Gasteiger partial charge in [-0.15, -0.1) is 0 Å². The zero-order valence-electron chi connectivity index (χ0n) is 10.2. The molecular weight excluding hydrogens is 224 g/mol. The number of morpholine rings is 1. The predicted octanol–water partition coefficient (Wildman–Crippen LogP) is 1.56. The molecule has 1 saturated heterocycles. The van der Waals surface area contributed by atoms with Gasteiger partial charge in [0.2, 0.25) is 0 Å². The van der Waals surface area contributed by atoms with Crippen LogP contribution in [0.1, 0.15) is 20.3 Å². The largest absolute Gasteiger partial charge is 0.378 e. The van der Waals surface area contributed by atoms with Crippen LogP contribution in [-0.4, -0.2) is 54.8 Å². The molecule has 1 aliphatic rings. The number of hydrogen-bond acceptors (Lipinski definition) is 3. The summed E-state index contributed by atoms with van der Waals surface area (Å²) in [5.74, 6) is 2.26. The molecule has 2 amide bonds. The van der Waals surface area contributed by atoms with Gasteiger partial charge in [0.05, 0.1) is 13.2 Å². The summed E-state index contributed by atoms with van der Waals surface area (Å²) in [4.78, 5) is 13.6. The van der Waals surface area contributed by atoms with E-state index >= 15 is 0 Å². The smallest absolute Gasteiger partial charge is 0.317 e. The van der Waals surface area contributed by atoms with Gasteiger partial charge in [0, 0.05) is 19.1 Å². The van der Waals surface area contributed by atoms with E-state index in [1.807, 2.05) is 16.7 Å². The van der Waals surface area contributed by atoms with Crippen molar-refractivity contribution in [1.29, 1.82) is 0 Å². The second-order valence-corrected chi connectivity index (χ2v) is 5.33. The maximum atomic E-state index is 11.8. The van der Waals surface area contributed by atoms with Crippen molar-refractivity contribution < 1.29 is 9.53 Å². The number of hydrogen-bond donors (Lipinski definition) is 1. The molecule has 1 rings (SSSR count). The third kappa shape index (κ3) is 5.07. The molecule has 0 saturated carbocycles. The molecular formula is C11H22N2O2S. The predicted molar refractivity (Wildman–Crippen MR) is 68.0 cm³/mol. The third-order valence-electron chi connectivity index (χ3n) is 2.57. The van der Waals surface area contributed by atoms with Crippen molar-refractivity contribution in [3.63, 3.8) is 0 Å². The molecule has 0 aliphatic carbocycles. The fraction of sp³-hybridized carbons (Fsp3) is 0.909. The SMILES string of the molecule is CCSCCC(C)NC(=O)N1CCOCC1. The Bertz CT molecular complexity index is 208. The second-order valence-electron chi connectivity index (χ2n) is 3.94. The number of rotatable bonds is 5. The van der Waals surface area contributed by atoms with Crippen LogP contribution in [0.5, 0.6) is 0 Å². The average Bonchev–Trinajstić information content (AvgIpc) is 2.30. The van der Waals surface area contributed by atoms with E-state index in [0.717, 1.165) is 17.9 Å². The van der Waals surface area contributed by atoms with E-state index in [4.69, 9.17) is 4.74 Å². The van der Waals surface area contributed by atoms with Gasteiger partial charge < -0.3 is 15.0 Å². The first-order chi connectivity index (χ1) is 7.74. The van der Waals surface area contributed by atoms with Crippen LogP contribution in [0.25, 0.3) is 0 Å². The van der Waals surface area contributed by atoms with E-state index in [0.29, 0.717) is 26.3 Å². The van der Waals surface area contributed by atoms with Crippen molar-refractivity contribution in [2.45, 2.75) is 26.3 Å². The summed E-state index contributed by atoms with van der Waals surface area (Å²) in [5, 5.41) is 3.03. The fourth-order valence-electron chi connectivity index (χ4n) is 1.55. The van der Waals surface area contributed by atoms with Crippen LogP contribution in [0.15, 0.2) is 0 Å². The van der Waals surface area contributed by atoms with Gasteiger partial charge in [0.15, 0.2) is 0 Å². The van der Waals surface area contributed by atoms with Crippen LogP contribution in [-0.2, 0) is 4.74 Å². The van der Waals surface area contributed by atoms with Crippen LogP contribution >= 0.6 is 11.8 Å². The summed E-state index contributed by atoms with van der Waals surface area (Å²) < 4.78 is 5.21. The highest BCUT2D eigenvalue weighted by Gasteiger charge is 2.17. The molecule has 4 nitrogen and oxygen atoms in total. The van der Waals surface area contributed by atoms with Crippen molar-refractivity contribution in [1.82, 2.24) is 10.2 Å². The topological polar surface area (TPSA) is 41.6 Å². The zero-order chi connectivity index (χ0) is 11.8. The summed E-state index contributed by atoms with van der Waals surface area (Å²) in [7, 11) is 0. The molecule has 0 aromatic carbocycles. The van der Waals surface area contributed by atoms with Crippen LogP contribution in [0.2, 0.25) is 0 Å². The Kier molecular flexibility index (Phi) is 6.64. The minimum absolute atomic E-state index is 0.0531. The molecule has 1 aliphatic heterocycles. The molecule has 0 aromatic heterocycles. The number of carbonyl (C=O) groups is 1. The highest BCUT2D eigenvalue weighted by molar-refractivity contribution is 7.99. The zero-order valence-corrected chi connectivity index (χ0v) is 11.0. The highest BCUT2D eigenvalue weighted by atomic mass is 32.2. The van der Waals surface area contributed by atoms with Crippen molar-refractivity contribution >= 4 is 17.8 Å². The first kappa shape index (κ1) is 13.6. The average molecular weight is 246 g/mol. The Labute approximate surface area is 102 Å². The van der Waals surface area contributed by atoms with E-state index in [-0.39, 0.29) is 12.1 Å². The lowest BCUT2D eigenvalue weighted by molar-refractivity contribution is 0.0526. The monoisotopic (exact) mass is 246 g/mol. The lowest BCUT2D eigenvalue weighted by Gasteiger charge is -2.28. The highest BCUT2D eigenvalue weighted by Crippen LogP contribution is 2.05. The number of amides is 2. The summed E-state index contributed by atoms with van der Waals surface area (Å²) in [6, 6.07) is 0.312. The second kappa shape index (κ2) is 7.79. The summed E-state index contributed by atoms with van der Waals surface area (Å²) >= 11 is 1.91. The molecule has 0 spiro atoms. The summed E-state index contributed by atoms with van der Waals surface area (Å²) in [5.41, 5.74) is 0. The first-order valence-corrected chi connectivity index (χ1v) is 7.10. The first-order valence-electron chi connectivity index (χ1n) is 5.95. The van der Waals surface area contributed by atoms with Gasteiger partial charge in [-0.1, -0.05) is 6.92 Å². The van der Waals surface area contributed by atoms with Gasteiger partial charge in [-0.05, 0) is 24.9 Å². The van der Waals surface area contributed by atoms with Crippen molar-refractivity contribution in [3.8, 4) is 0 Å². The van der Waals surface area contributed by atoms with Crippen LogP contribution in [0.3, 0.4) is 0 Å². The van der Waals surface area contributed by atoms with E-state index in [1.165, 1.54) is 0 Å². The molecule has 5 heteroatoms. The van der Waals surface area contributed by atoms with Crippen LogP contribution in [0, 0.1) is 0 Å². The van der Waals surface area contributed by atoms with Gasteiger partial charge in [-0.3, -0.25) is 0 Å². The fourth-order valence-corrected chi connectivity index (χ4v) is 2.35. The number of thioether (sulfide) groups is 1. The normalized spacial score (nSPS) is 18.2.